The Hall–Kier alpha value is -2.38. The van der Waals surface area contributed by atoms with E-state index in [4.69, 9.17) is 5.11 Å². The predicted molar refractivity (Wildman–Crippen MR) is 70.2 cm³/mol. The molecule has 22 heavy (non-hydrogen) atoms. The molecule has 0 aliphatic rings. The molecule has 1 amide bonds. The molecule has 1 aromatic rings. The zero-order chi connectivity index (χ0) is 16.9. The minimum absolute atomic E-state index is 0.0236. The second-order valence-corrected chi connectivity index (χ2v) is 4.68. The molecule has 0 spiro atoms. The molecule has 0 fully saturated rings. The van der Waals surface area contributed by atoms with Crippen molar-refractivity contribution in [2.75, 3.05) is 0 Å². The van der Waals surface area contributed by atoms with E-state index >= 15 is 0 Å². The molecule has 0 aromatic heterocycles. The van der Waals surface area contributed by atoms with E-state index < -0.39 is 29.7 Å². The Morgan fingerprint density at radius 1 is 1.18 bits per heavy atom. The maximum Gasteiger partial charge on any atom is 0.416 e. The molecule has 1 rings (SSSR count). The fraction of sp³-hybridized carbons (Fsp3) is 0.357. The first kappa shape index (κ1) is 17.7. The normalized spacial score (nSPS) is 12.5. The molecule has 0 radical (unpaired) electrons. The summed E-state index contributed by atoms with van der Waals surface area (Å²) in [6, 6.07) is 2.11. The number of ketones is 1. The third-order valence-electron chi connectivity index (χ3n) is 2.86. The van der Waals surface area contributed by atoms with Crippen LogP contribution in [0.5, 0.6) is 0 Å². The number of Topliss-reactive ketones (excluding diaryl/α,β-unsaturated/α-hetero) is 1. The number of halogens is 3. The van der Waals surface area contributed by atoms with Gasteiger partial charge in [0.1, 0.15) is 11.8 Å². The maximum atomic E-state index is 12.4. The minimum Gasteiger partial charge on any atom is -0.480 e. The van der Waals surface area contributed by atoms with Crippen LogP contribution in [-0.4, -0.2) is 28.8 Å². The Kier molecular flexibility index (Phi) is 5.67. The van der Waals surface area contributed by atoms with Gasteiger partial charge in [-0.2, -0.15) is 13.2 Å². The molecular weight excluding hydrogens is 303 g/mol. The van der Waals surface area contributed by atoms with Crippen molar-refractivity contribution in [2.24, 2.45) is 0 Å². The Morgan fingerprint density at radius 2 is 1.73 bits per heavy atom. The average molecular weight is 317 g/mol. The van der Waals surface area contributed by atoms with Crippen molar-refractivity contribution in [1.82, 2.24) is 5.32 Å². The highest BCUT2D eigenvalue weighted by atomic mass is 19.4. The largest absolute Gasteiger partial charge is 0.480 e. The van der Waals surface area contributed by atoms with Crippen LogP contribution >= 0.6 is 0 Å². The summed E-state index contributed by atoms with van der Waals surface area (Å²) in [4.78, 5) is 33.7. The summed E-state index contributed by atoms with van der Waals surface area (Å²) in [6.07, 6.45) is -4.62. The summed E-state index contributed by atoms with van der Waals surface area (Å²) in [5, 5.41) is 11.1. The van der Waals surface area contributed by atoms with Crippen LogP contribution in [0.3, 0.4) is 0 Å². The quantitative estimate of drug-likeness (QED) is 0.843. The first-order chi connectivity index (χ1) is 10.1. The highest BCUT2D eigenvalue weighted by Gasteiger charge is 2.30. The average Bonchev–Trinajstić information content (AvgIpc) is 2.41. The van der Waals surface area contributed by atoms with Gasteiger partial charge < -0.3 is 15.2 Å². The molecule has 5 nitrogen and oxygen atoms in total. The van der Waals surface area contributed by atoms with Crippen LogP contribution in [0, 0.1) is 0 Å². The second-order valence-electron chi connectivity index (χ2n) is 4.68. The van der Waals surface area contributed by atoms with Crippen molar-refractivity contribution in [3.8, 4) is 0 Å². The molecule has 0 heterocycles. The van der Waals surface area contributed by atoms with E-state index in [2.05, 4.69) is 5.32 Å². The Balaban J connectivity index is 2.77. The van der Waals surface area contributed by atoms with E-state index in [1.54, 1.807) is 0 Å². The predicted octanol–water partition coefficient (Wildman–Crippen LogP) is 2.26. The second kappa shape index (κ2) is 7.06. The molecule has 0 bridgehead atoms. The molecule has 0 saturated carbocycles. The summed E-state index contributed by atoms with van der Waals surface area (Å²) in [5.74, 6) is -2.36. The lowest BCUT2D eigenvalue weighted by molar-refractivity contribution is -0.139. The van der Waals surface area contributed by atoms with Crippen molar-refractivity contribution in [1.29, 1.82) is 0 Å². The van der Waals surface area contributed by atoms with Gasteiger partial charge in [-0.3, -0.25) is 4.79 Å². The number of rotatable bonds is 6. The smallest absolute Gasteiger partial charge is 0.416 e. The van der Waals surface area contributed by atoms with Crippen molar-refractivity contribution >= 4 is 17.7 Å². The van der Waals surface area contributed by atoms with Crippen LogP contribution in [0.2, 0.25) is 0 Å². The van der Waals surface area contributed by atoms with Gasteiger partial charge in [-0.15, -0.1) is 0 Å². The number of carboxylic acid groups (broad SMARTS) is 1. The Morgan fingerprint density at radius 3 is 2.14 bits per heavy atom. The van der Waals surface area contributed by atoms with Gasteiger partial charge in [-0.1, -0.05) is 0 Å². The fourth-order valence-electron chi connectivity index (χ4n) is 1.66. The van der Waals surface area contributed by atoms with Gasteiger partial charge in [0.25, 0.3) is 5.91 Å². The zero-order valence-corrected chi connectivity index (χ0v) is 11.6. The van der Waals surface area contributed by atoms with E-state index in [-0.39, 0.29) is 24.2 Å². The van der Waals surface area contributed by atoms with Crippen LogP contribution in [0.15, 0.2) is 24.3 Å². The number of hydrogen-bond acceptors (Lipinski definition) is 3. The molecule has 2 N–H and O–H groups in total. The standard InChI is InChI=1S/C14H14F3NO4/c1-8(19)2-7-11(13(21)22)18-12(20)9-3-5-10(6-4-9)14(15,16)17/h3-6,11H,2,7H2,1H3,(H,18,20)(H,21,22)/t11-/m1/s1. The van der Waals surface area contributed by atoms with Crippen LogP contribution in [-0.2, 0) is 15.8 Å². The number of hydrogen-bond donors (Lipinski definition) is 2. The van der Waals surface area contributed by atoms with Gasteiger partial charge in [-0.05, 0) is 37.6 Å². The maximum absolute atomic E-state index is 12.4. The molecular formula is C14H14F3NO4. The first-order valence-electron chi connectivity index (χ1n) is 6.31. The van der Waals surface area contributed by atoms with Crippen LogP contribution in [0.4, 0.5) is 13.2 Å². The summed E-state index contributed by atoms with van der Waals surface area (Å²) in [7, 11) is 0. The third-order valence-corrected chi connectivity index (χ3v) is 2.86. The summed E-state index contributed by atoms with van der Waals surface area (Å²) in [5.41, 5.74) is -1.00. The molecule has 0 unspecified atom stereocenters. The van der Waals surface area contributed by atoms with Crippen LogP contribution in [0.25, 0.3) is 0 Å². The molecule has 120 valence electrons. The zero-order valence-electron chi connectivity index (χ0n) is 11.6. The van der Waals surface area contributed by atoms with Gasteiger partial charge in [0.2, 0.25) is 0 Å². The topological polar surface area (TPSA) is 83.5 Å². The van der Waals surface area contributed by atoms with E-state index in [0.29, 0.717) is 0 Å². The van der Waals surface area contributed by atoms with Gasteiger partial charge in [0, 0.05) is 12.0 Å². The van der Waals surface area contributed by atoms with Gasteiger partial charge >= 0.3 is 12.1 Å². The monoisotopic (exact) mass is 317 g/mol. The van der Waals surface area contributed by atoms with E-state index in [1.165, 1.54) is 6.92 Å². The van der Waals surface area contributed by atoms with Crippen molar-refractivity contribution in [3.63, 3.8) is 0 Å². The molecule has 0 saturated heterocycles. The van der Waals surface area contributed by atoms with E-state index in [1.807, 2.05) is 0 Å². The van der Waals surface area contributed by atoms with Crippen LogP contribution in [0.1, 0.15) is 35.7 Å². The van der Waals surface area contributed by atoms with E-state index in [0.717, 1.165) is 24.3 Å². The Bertz CT molecular complexity index is 566. The number of carbonyl (C=O) groups excluding carboxylic acids is 2. The van der Waals surface area contributed by atoms with Gasteiger partial charge in [0.05, 0.1) is 5.56 Å². The molecule has 8 heteroatoms. The number of amides is 1. The number of aliphatic carboxylic acids is 1. The highest BCUT2D eigenvalue weighted by Crippen LogP contribution is 2.29. The minimum atomic E-state index is -4.51. The summed E-state index contributed by atoms with van der Waals surface area (Å²) >= 11 is 0. The first-order valence-corrected chi connectivity index (χ1v) is 6.31. The summed E-state index contributed by atoms with van der Waals surface area (Å²) in [6.45, 7) is 1.29. The van der Waals surface area contributed by atoms with Gasteiger partial charge in [-0.25, -0.2) is 4.79 Å². The lowest BCUT2D eigenvalue weighted by Crippen LogP contribution is -2.41. The number of alkyl halides is 3. The molecule has 0 aliphatic heterocycles. The highest BCUT2D eigenvalue weighted by molar-refractivity contribution is 5.96. The SMILES string of the molecule is CC(=O)CC[C@@H](NC(=O)c1ccc(C(F)(F)F)cc1)C(=O)O. The van der Waals surface area contributed by atoms with Crippen LogP contribution < -0.4 is 5.32 Å². The number of carboxylic acids is 1. The molecule has 1 aromatic carbocycles. The lowest BCUT2D eigenvalue weighted by atomic mass is 10.1. The summed E-state index contributed by atoms with van der Waals surface area (Å²) < 4.78 is 37.2. The lowest BCUT2D eigenvalue weighted by Gasteiger charge is -2.14. The van der Waals surface area contributed by atoms with Crippen molar-refractivity contribution < 1.29 is 32.7 Å². The van der Waals surface area contributed by atoms with Crippen molar-refractivity contribution in [2.45, 2.75) is 32.0 Å². The number of carbonyl (C=O) groups is 3. The third kappa shape index (κ3) is 5.19. The fourth-order valence-corrected chi connectivity index (χ4v) is 1.66. The molecule has 1 atom stereocenters. The number of benzene rings is 1. The van der Waals surface area contributed by atoms with Crippen molar-refractivity contribution in [3.05, 3.63) is 35.4 Å². The number of nitrogens with one attached hydrogen (secondary N) is 1. The van der Waals surface area contributed by atoms with Gasteiger partial charge in [0.15, 0.2) is 0 Å². The van der Waals surface area contributed by atoms with E-state index in [9.17, 15) is 27.6 Å². The molecule has 0 aliphatic carbocycles. The Labute approximate surface area is 124 Å².